The molecule has 1 heterocycles. The molecular weight excluding hydrogens is 318 g/mol. The van der Waals surface area contributed by atoms with E-state index in [4.69, 9.17) is 0 Å². The second kappa shape index (κ2) is 7.59. The third-order valence-electron chi connectivity index (χ3n) is 2.89. The number of thioether (sulfide) groups is 1. The number of aromatic amines is 1. The number of hydrogen-bond acceptors (Lipinski definition) is 6. The van der Waals surface area contributed by atoms with Crippen molar-refractivity contribution in [2.75, 3.05) is 7.11 Å². The third kappa shape index (κ3) is 4.43. The van der Waals surface area contributed by atoms with Gasteiger partial charge in [-0.25, -0.2) is 14.6 Å². The first-order valence-electron chi connectivity index (χ1n) is 6.76. The molecule has 2 N–H and O–H groups in total. The van der Waals surface area contributed by atoms with Gasteiger partial charge in [0.2, 0.25) is 5.16 Å². The minimum Gasteiger partial charge on any atom is -0.477 e. The number of nitrogens with zero attached hydrogens (tertiary/aromatic N) is 2. The minimum absolute atomic E-state index is 0.0810. The number of rotatable bonds is 6. The van der Waals surface area contributed by atoms with Crippen molar-refractivity contribution in [3.8, 4) is 0 Å². The molecule has 0 saturated carbocycles. The van der Waals surface area contributed by atoms with E-state index in [-0.39, 0.29) is 4.91 Å². The van der Waals surface area contributed by atoms with E-state index in [1.54, 1.807) is 24.3 Å². The molecule has 1 aromatic carbocycles. The van der Waals surface area contributed by atoms with Gasteiger partial charge in [0.25, 0.3) is 0 Å². The minimum atomic E-state index is -1.07. The zero-order valence-electron chi connectivity index (χ0n) is 12.6. The predicted molar refractivity (Wildman–Crippen MR) is 85.0 cm³/mol. The van der Waals surface area contributed by atoms with E-state index in [9.17, 15) is 14.7 Å². The largest absolute Gasteiger partial charge is 0.477 e. The summed E-state index contributed by atoms with van der Waals surface area (Å²) in [5, 5.41) is 16.4. The molecule has 0 bridgehead atoms. The molecule has 0 amide bonds. The number of carboxylic acids is 1. The van der Waals surface area contributed by atoms with Crippen molar-refractivity contribution in [3.63, 3.8) is 0 Å². The lowest BCUT2D eigenvalue weighted by Crippen LogP contribution is -2.00. The molecule has 7 nitrogen and oxygen atoms in total. The van der Waals surface area contributed by atoms with Crippen molar-refractivity contribution in [2.24, 2.45) is 0 Å². The van der Waals surface area contributed by atoms with E-state index in [0.717, 1.165) is 11.8 Å². The quantitative estimate of drug-likeness (QED) is 0.475. The van der Waals surface area contributed by atoms with E-state index >= 15 is 0 Å². The highest BCUT2D eigenvalue weighted by atomic mass is 32.2. The fraction of sp³-hybridized carbons (Fsp3) is 0.200. The second-order valence-electron chi connectivity index (χ2n) is 4.45. The van der Waals surface area contributed by atoms with Crippen molar-refractivity contribution in [2.45, 2.75) is 18.5 Å². The van der Waals surface area contributed by atoms with Crippen LogP contribution in [0.5, 0.6) is 0 Å². The number of aromatic nitrogens is 3. The Hall–Kier alpha value is -2.61. The number of nitrogens with one attached hydrogen (secondary N) is 1. The number of aryl methyl sites for hydroxylation is 1. The molecular formula is C15H15N3O4S. The van der Waals surface area contributed by atoms with Crippen molar-refractivity contribution in [1.82, 2.24) is 15.2 Å². The number of hydrogen-bond donors (Lipinski definition) is 2. The monoisotopic (exact) mass is 333 g/mol. The maximum atomic E-state index is 11.4. The molecule has 2 rings (SSSR count). The summed E-state index contributed by atoms with van der Waals surface area (Å²) in [6.45, 7) is 1.92. The summed E-state index contributed by atoms with van der Waals surface area (Å²) in [5.74, 6) is -0.823. The summed E-state index contributed by atoms with van der Waals surface area (Å²) < 4.78 is 4.61. The average molecular weight is 333 g/mol. The first-order valence-corrected chi connectivity index (χ1v) is 7.57. The molecule has 1 aromatic heterocycles. The standard InChI is InChI=1S/C15H15N3O4S/c1-3-12-16-15(18-17-12)23-11(13(19)20)8-9-4-6-10(7-5-9)14(21)22-2/h4-8H,3H2,1-2H3,(H,19,20)(H,16,17,18)/b11-8+. The van der Waals surface area contributed by atoms with E-state index < -0.39 is 11.9 Å². The molecule has 0 spiro atoms. The first-order chi connectivity index (χ1) is 11.0. The van der Waals surface area contributed by atoms with E-state index in [1.807, 2.05) is 6.92 Å². The van der Waals surface area contributed by atoms with Crippen LogP contribution in [0.25, 0.3) is 6.08 Å². The van der Waals surface area contributed by atoms with Gasteiger partial charge >= 0.3 is 11.9 Å². The SMILES string of the molecule is CCc1nc(S/C(=C/c2ccc(C(=O)OC)cc2)C(=O)O)n[nH]1. The van der Waals surface area contributed by atoms with E-state index in [1.165, 1.54) is 13.2 Å². The van der Waals surface area contributed by atoms with Crippen molar-refractivity contribution in [1.29, 1.82) is 0 Å². The summed E-state index contributed by atoms with van der Waals surface area (Å²) in [6.07, 6.45) is 2.19. The molecule has 8 heteroatoms. The molecule has 23 heavy (non-hydrogen) atoms. The first kappa shape index (κ1) is 16.8. The smallest absolute Gasteiger partial charge is 0.342 e. The number of H-pyrrole nitrogens is 1. The van der Waals surface area contributed by atoms with Gasteiger partial charge in [-0.1, -0.05) is 19.1 Å². The average Bonchev–Trinajstić information content (AvgIpc) is 3.01. The molecule has 2 aromatic rings. The number of esters is 1. The summed E-state index contributed by atoms with van der Waals surface area (Å²) in [5.41, 5.74) is 1.05. The number of carboxylic acid groups (broad SMARTS) is 1. The van der Waals surface area contributed by atoms with Crippen LogP contribution in [0, 0.1) is 0 Å². The van der Waals surface area contributed by atoms with Gasteiger partial charge in [-0.15, -0.1) is 5.10 Å². The van der Waals surface area contributed by atoms with Gasteiger partial charge in [-0.3, -0.25) is 5.10 Å². The van der Waals surface area contributed by atoms with Crippen LogP contribution in [0.1, 0.15) is 28.7 Å². The maximum Gasteiger partial charge on any atom is 0.342 e. The summed E-state index contributed by atoms with van der Waals surface area (Å²) in [4.78, 5) is 27.0. The Morgan fingerprint density at radius 3 is 2.57 bits per heavy atom. The Balaban J connectivity index is 2.21. The Kier molecular flexibility index (Phi) is 5.53. The molecule has 0 fully saturated rings. The topological polar surface area (TPSA) is 105 Å². The summed E-state index contributed by atoms with van der Waals surface area (Å²) in [7, 11) is 1.30. The molecule has 0 saturated heterocycles. The number of ether oxygens (including phenoxy) is 1. The number of carbonyl (C=O) groups is 2. The van der Waals surface area contributed by atoms with Gasteiger partial charge in [0.05, 0.1) is 12.7 Å². The van der Waals surface area contributed by atoms with Crippen LogP contribution in [0.4, 0.5) is 0 Å². The van der Waals surface area contributed by atoms with Crippen LogP contribution in [0.2, 0.25) is 0 Å². The van der Waals surface area contributed by atoms with Gasteiger partial charge in [0.1, 0.15) is 10.7 Å². The molecule has 120 valence electrons. The Bertz CT molecular complexity index is 737. The highest BCUT2D eigenvalue weighted by Crippen LogP contribution is 2.25. The normalized spacial score (nSPS) is 11.3. The summed E-state index contributed by atoms with van der Waals surface area (Å²) in [6, 6.07) is 6.43. The number of benzene rings is 1. The molecule has 0 aliphatic rings. The van der Waals surface area contributed by atoms with Gasteiger partial charge in [-0.05, 0) is 35.5 Å². The zero-order valence-corrected chi connectivity index (χ0v) is 13.4. The van der Waals surface area contributed by atoms with E-state index in [2.05, 4.69) is 19.9 Å². The number of carbonyl (C=O) groups excluding carboxylic acids is 1. The maximum absolute atomic E-state index is 11.4. The number of aliphatic carboxylic acids is 1. The van der Waals surface area contributed by atoms with Crippen LogP contribution >= 0.6 is 11.8 Å². The van der Waals surface area contributed by atoms with Gasteiger partial charge in [-0.2, -0.15) is 0 Å². The molecule has 0 unspecified atom stereocenters. The molecule has 0 atom stereocenters. The molecule has 0 aliphatic heterocycles. The lowest BCUT2D eigenvalue weighted by atomic mass is 10.1. The zero-order chi connectivity index (χ0) is 16.8. The molecule has 0 radical (unpaired) electrons. The van der Waals surface area contributed by atoms with Gasteiger partial charge < -0.3 is 9.84 Å². The lowest BCUT2D eigenvalue weighted by Gasteiger charge is -2.01. The highest BCUT2D eigenvalue weighted by Gasteiger charge is 2.13. The van der Waals surface area contributed by atoms with Crippen molar-refractivity contribution in [3.05, 3.63) is 46.1 Å². The van der Waals surface area contributed by atoms with Gasteiger partial charge in [0, 0.05) is 6.42 Å². The Morgan fingerprint density at radius 2 is 2.04 bits per heavy atom. The van der Waals surface area contributed by atoms with Crippen molar-refractivity contribution < 1.29 is 19.4 Å². The van der Waals surface area contributed by atoms with Crippen LogP contribution in [-0.2, 0) is 16.0 Å². The fourth-order valence-corrected chi connectivity index (χ4v) is 2.43. The third-order valence-corrected chi connectivity index (χ3v) is 3.77. The highest BCUT2D eigenvalue weighted by molar-refractivity contribution is 8.04. The predicted octanol–water partition coefficient (Wildman–Crippen LogP) is 2.37. The van der Waals surface area contributed by atoms with E-state index in [0.29, 0.717) is 28.5 Å². The Labute approximate surface area is 136 Å². The van der Waals surface area contributed by atoms with Crippen LogP contribution in [0.15, 0.2) is 34.3 Å². The second-order valence-corrected chi connectivity index (χ2v) is 5.46. The fourth-order valence-electron chi connectivity index (χ4n) is 1.70. The van der Waals surface area contributed by atoms with Crippen LogP contribution < -0.4 is 0 Å². The van der Waals surface area contributed by atoms with Crippen LogP contribution in [0.3, 0.4) is 0 Å². The molecule has 0 aliphatic carbocycles. The van der Waals surface area contributed by atoms with Crippen molar-refractivity contribution >= 4 is 29.8 Å². The van der Waals surface area contributed by atoms with Gasteiger partial charge in [0.15, 0.2) is 0 Å². The van der Waals surface area contributed by atoms with Crippen LogP contribution in [-0.4, -0.2) is 39.3 Å². The lowest BCUT2D eigenvalue weighted by molar-refractivity contribution is -0.131. The summed E-state index contributed by atoms with van der Waals surface area (Å²) >= 11 is 0.959. The Morgan fingerprint density at radius 1 is 1.35 bits per heavy atom. The number of methoxy groups -OCH3 is 1.